The summed E-state index contributed by atoms with van der Waals surface area (Å²) in [5.74, 6) is -0.209. The number of benzene rings is 3. The summed E-state index contributed by atoms with van der Waals surface area (Å²) in [4.78, 5) is 24.5. The van der Waals surface area contributed by atoms with Crippen molar-refractivity contribution in [2.24, 2.45) is 5.10 Å². The third kappa shape index (κ3) is 5.30. The minimum Gasteiger partial charge on any atom is -0.493 e. The molecule has 1 heterocycles. The number of rotatable bonds is 7. The molecule has 0 aliphatic carbocycles. The third-order valence-corrected chi connectivity index (χ3v) is 5.52. The smallest absolute Gasteiger partial charge is 0.379 e. The number of halogens is 1. The fraction of sp³-hybridized carbons (Fsp3) is 0.0800. The maximum atomic E-state index is 12.4. The molecule has 4 aromatic rings. The Morgan fingerprint density at radius 2 is 1.85 bits per heavy atom. The van der Waals surface area contributed by atoms with E-state index in [0.717, 1.165) is 20.8 Å². The molecule has 166 valence electrons. The van der Waals surface area contributed by atoms with Gasteiger partial charge >= 0.3 is 5.97 Å². The molecule has 0 atom stereocenters. The second-order valence-electron chi connectivity index (χ2n) is 7.00. The SMILES string of the molecule is COc1cc(/C=N\NC(=O)Cc2ccc(Br)c3ccccc23)ccc1OC(=O)c1ccco1. The van der Waals surface area contributed by atoms with Crippen LogP contribution >= 0.6 is 15.9 Å². The van der Waals surface area contributed by atoms with Gasteiger partial charge in [-0.25, -0.2) is 10.2 Å². The number of fused-ring (bicyclic) bond motifs is 1. The number of furan rings is 1. The normalized spacial score (nSPS) is 11.0. The second-order valence-corrected chi connectivity index (χ2v) is 7.85. The Kier molecular flexibility index (Phi) is 6.85. The van der Waals surface area contributed by atoms with Gasteiger partial charge in [0.05, 0.1) is 26.0 Å². The van der Waals surface area contributed by atoms with E-state index < -0.39 is 5.97 Å². The lowest BCUT2D eigenvalue weighted by Crippen LogP contribution is -2.19. The number of amides is 1. The number of hydrogen-bond acceptors (Lipinski definition) is 6. The van der Waals surface area contributed by atoms with Crippen molar-refractivity contribution < 1.29 is 23.5 Å². The quantitative estimate of drug-likeness (QED) is 0.162. The van der Waals surface area contributed by atoms with Crippen LogP contribution in [0.1, 0.15) is 21.7 Å². The summed E-state index contributed by atoms with van der Waals surface area (Å²) < 4.78 is 16.6. The van der Waals surface area contributed by atoms with Crippen molar-refractivity contribution in [3.05, 3.63) is 94.4 Å². The van der Waals surface area contributed by atoms with E-state index in [2.05, 4.69) is 26.5 Å². The minimum absolute atomic E-state index is 0.0870. The maximum absolute atomic E-state index is 12.4. The van der Waals surface area contributed by atoms with Crippen molar-refractivity contribution in [2.75, 3.05) is 7.11 Å². The highest BCUT2D eigenvalue weighted by Gasteiger charge is 2.15. The summed E-state index contributed by atoms with van der Waals surface area (Å²) in [5, 5.41) is 6.09. The standard InChI is InChI=1S/C25H19BrN2O5/c1-31-23-13-16(8-11-21(23)33-25(30)22-7-4-12-32-22)15-27-28-24(29)14-17-9-10-20(26)19-6-3-2-5-18(17)19/h2-13,15H,14H2,1H3,(H,28,29)/b27-15-. The van der Waals surface area contributed by atoms with Crippen molar-refractivity contribution in [2.45, 2.75) is 6.42 Å². The zero-order valence-electron chi connectivity index (χ0n) is 17.6. The van der Waals surface area contributed by atoms with Crippen LogP contribution < -0.4 is 14.9 Å². The highest BCUT2D eigenvalue weighted by atomic mass is 79.9. The lowest BCUT2D eigenvalue weighted by atomic mass is 10.0. The zero-order valence-corrected chi connectivity index (χ0v) is 19.2. The van der Waals surface area contributed by atoms with Gasteiger partial charge in [0.25, 0.3) is 0 Å². The Morgan fingerprint density at radius 1 is 1.03 bits per heavy atom. The van der Waals surface area contributed by atoms with E-state index in [1.165, 1.54) is 25.7 Å². The zero-order chi connectivity index (χ0) is 23.2. The van der Waals surface area contributed by atoms with Crippen LogP contribution in [0.15, 0.2) is 87.0 Å². The van der Waals surface area contributed by atoms with Gasteiger partial charge in [-0.2, -0.15) is 5.10 Å². The molecule has 0 bridgehead atoms. The molecule has 0 saturated heterocycles. The molecule has 0 saturated carbocycles. The van der Waals surface area contributed by atoms with Crippen LogP contribution in [-0.4, -0.2) is 25.2 Å². The van der Waals surface area contributed by atoms with Crippen molar-refractivity contribution >= 4 is 44.8 Å². The molecule has 7 nitrogen and oxygen atoms in total. The number of carbonyl (C=O) groups excluding carboxylic acids is 2. The van der Waals surface area contributed by atoms with Crippen LogP contribution in [0.2, 0.25) is 0 Å². The lowest BCUT2D eigenvalue weighted by Gasteiger charge is -2.09. The molecule has 1 N–H and O–H groups in total. The van der Waals surface area contributed by atoms with Crippen LogP contribution in [0.3, 0.4) is 0 Å². The molecule has 8 heteroatoms. The molecule has 1 amide bonds. The first-order valence-electron chi connectivity index (χ1n) is 9.97. The minimum atomic E-state index is -0.632. The van der Waals surface area contributed by atoms with Gasteiger partial charge in [-0.1, -0.05) is 46.3 Å². The molecule has 0 aliphatic heterocycles. The Morgan fingerprint density at radius 3 is 2.61 bits per heavy atom. The van der Waals surface area contributed by atoms with Gasteiger partial charge in [-0.3, -0.25) is 4.79 Å². The van der Waals surface area contributed by atoms with Crippen LogP contribution in [0.4, 0.5) is 0 Å². The second kappa shape index (κ2) is 10.1. The van der Waals surface area contributed by atoms with Crippen LogP contribution in [-0.2, 0) is 11.2 Å². The number of carbonyl (C=O) groups is 2. The van der Waals surface area contributed by atoms with Crippen LogP contribution in [0, 0.1) is 0 Å². The van der Waals surface area contributed by atoms with Crippen molar-refractivity contribution in [1.29, 1.82) is 0 Å². The van der Waals surface area contributed by atoms with Crippen LogP contribution in [0.25, 0.3) is 10.8 Å². The summed E-state index contributed by atoms with van der Waals surface area (Å²) >= 11 is 3.54. The fourth-order valence-corrected chi connectivity index (χ4v) is 3.74. The van der Waals surface area contributed by atoms with E-state index in [9.17, 15) is 9.59 Å². The molecule has 33 heavy (non-hydrogen) atoms. The fourth-order valence-electron chi connectivity index (χ4n) is 3.26. The highest BCUT2D eigenvalue weighted by molar-refractivity contribution is 9.10. The Labute approximate surface area is 198 Å². The van der Waals surface area contributed by atoms with E-state index in [0.29, 0.717) is 11.3 Å². The van der Waals surface area contributed by atoms with Gasteiger partial charge in [0.1, 0.15) is 0 Å². The van der Waals surface area contributed by atoms with E-state index >= 15 is 0 Å². The van der Waals surface area contributed by atoms with E-state index in [1.807, 2.05) is 36.4 Å². The maximum Gasteiger partial charge on any atom is 0.379 e. The first-order chi connectivity index (χ1) is 16.0. The number of esters is 1. The number of hydrogen-bond donors (Lipinski definition) is 1. The van der Waals surface area contributed by atoms with Crippen molar-refractivity contribution in [3.63, 3.8) is 0 Å². The third-order valence-electron chi connectivity index (χ3n) is 4.83. The van der Waals surface area contributed by atoms with Gasteiger partial charge < -0.3 is 13.9 Å². The van der Waals surface area contributed by atoms with Gasteiger partial charge in [0, 0.05) is 4.47 Å². The van der Waals surface area contributed by atoms with Crippen molar-refractivity contribution in [1.82, 2.24) is 5.43 Å². The number of methoxy groups -OCH3 is 1. The highest BCUT2D eigenvalue weighted by Crippen LogP contribution is 2.29. The molecule has 4 rings (SSSR count). The number of ether oxygens (including phenoxy) is 2. The Bertz CT molecular complexity index is 1330. The summed E-state index contributed by atoms with van der Waals surface area (Å²) in [5.41, 5.74) is 4.10. The number of nitrogens with zero attached hydrogens (tertiary/aromatic N) is 1. The van der Waals surface area contributed by atoms with E-state index in [1.54, 1.807) is 24.3 Å². The summed E-state index contributed by atoms with van der Waals surface area (Å²) in [6.45, 7) is 0. The topological polar surface area (TPSA) is 90.1 Å². The van der Waals surface area contributed by atoms with Gasteiger partial charge in [-0.05, 0) is 58.3 Å². The average molecular weight is 507 g/mol. The lowest BCUT2D eigenvalue weighted by molar-refractivity contribution is -0.120. The molecule has 0 radical (unpaired) electrons. The van der Waals surface area contributed by atoms with Gasteiger partial charge in [-0.15, -0.1) is 0 Å². The molecule has 1 aromatic heterocycles. The Balaban J connectivity index is 1.40. The molecular weight excluding hydrogens is 488 g/mol. The average Bonchev–Trinajstić information content (AvgIpc) is 3.37. The monoisotopic (exact) mass is 506 g/mol. The number of hydrazone groups is 1. The van der Waals surface area contributed by atoms with E-state index in [-0.39, 0.29) is 23.8 Å². The Hall–Kier alpha value is -3.91. The van der Waals surface area contributed by atoms with Gasteiger partial charge in [0.15, 0.2) is 11.5 Å². The number of nitrogens with one attached hydrogen (secondary N) is 1. The summed E-state index contributed by atoms with van der Waals surface area (Å²) in [7, 11) is 1.46. The van der Waals surface area contributed by atoms with Crippen molar-refractivity contribution in [3.8, 4) is 11.5 Å². The predicted octanol–water partition coefficient (Wildman–Crippen LogP) is 5.12. The summed E-state index contributed by atoms with van der Waals surface area (Å²) in [6.07, 6.45) is 3.06. The largest absolute Gasteiger partial charge is 0.493 e. The summed E-state index contributed by atoms with van der Waals surface area (Å²) in [6, 6.07) is 19.8. The first-order valence-corrected chi connectivity index (χ1v) is 10.8. The van der Waals surface area contributed by atoms with Crippen LogP contribution in [0.5, 0.6) is 11.5 Å². The first kappa shape index (κ1) is 22.3. The van der Waals surface area contributed by atoms with Gasteiger partial charge in [0.2, 0.25) is 11.7 Å². The molecule has 3 aromatic carbocycles. The predicted molar refractivity (Wildman–Crippen MR) is 128 cm³/mol. The molecule has 0 spiro atoms. The molecule has 0 unspecified atom stereocenters. The molecular formula is C25H19BrN2O5. The molecule has 0 aliphatic rings. The molecule has 0 fully saturated rings. The van der Waals surface area contributed by atoms with E-state index in [4.69, 9.17) is 13.9 Å².